The van der Waals surface area contributed by atoms with Crippen molar-refractivity contribution in [3.8, 4) is 17.2 Å². The Bertz CT molecular complexity index is 1180. The molecular formula is C27H29N3O5. The summed E-state index contributed by atoms with van der Waals surface area (Å²) in [5.74, 6) is 1.89. The molecule has 0 saturated carbocycles. The van der Waals surface area contributed by atoms with Crippen molar-refractivity contribution < 1.29 is 23.8 Å². The maximum absolute atomic E-state index is 13.4. The van der Waals surface area contributed by atoms with Gasteiger partial charge >= 0.3 is 6.03 Å². The highest BCUT2D eigenvalue weighted by Gasteiger charge is 2.28. The van der Waals surface area contributed by atoms with E-state index in [1.165, 1.54) is 0 Å². The maximum Gasteiger partial charge on any atom is 0.322 e. The highest BCUT2D eigenvalue weighted by Crippen LogP contribution is 2.30. The number of oxime groups is 1. The van der Waals surface area contributed by atoms with Crippen molar-refractivity contribution in [2.24, 2.45) is 5.16 Å². The van der Waals surface area contributed by atoms with E-state index in [0.717, 1.165) is 22.6 Å². The third-order valence-corrected chi connectivity index (χ3v) is 5.73. The van der Waals surface area contributed by atoms with E-state index in [1.807, 2.05) is 54.6 Å². The van der Waals surface area contributed by atoms with E-state index in [2.05, 4.69) is 10.5 Å². The molecule has 1 N–H and O–H groups in total. The summed E-state index contributed by atoms with van der Waals surface area (Å²) in [7, 11) is 4.76. The van der Waals surface area contributed by atoms with Gasteiger partial charge in [-0.05, 0) is 29.8 Å². The van der Waals surface area contributed by atoms with Gasteiger partial charge in [0.25, 0.3) is 0 Å². The van der Waals surface area contributed by atoms with E-state index >= 15 is 0 Å². The molecule has 8 heteroatoms. The summed E-state index contributed by atoms with van der Waals surface area (Å²) in [6.45, 7) is 0.760. The van der Waals surface area contributed by atoms with Crippen LogP contribution in [0.5, 0.6) is 17.2 Å². The molecule has 3 aromatic rings. The van der Waals surface area contributed by atoms with E-state index in [0.29, 0.717) is 36.7 Å². The number of anilines is 1. The first-order chi connectivity index (χ1) is 17.1. The number of hydrogen-bond acceptors (Lipinski definition) is 6. The lowest BCUT2D eigenvalue weighted by Gasteiger charge is -2.26. The third-order valence-electron chi connectivity index (χ3n) is 5.73. The number of rotatable bonds is 9. The highest BCUT2D eigenvalue weighted by molar-refractivity contribution is 6.03. The van der Waals surface area contributed by atoms with Gasteiger partial charge in [-0.2, -0.15) is 0 Å². The van der Waals surface area contributed by atoms with Gasteiger partial charge in [-0.15, -0.1) is 0 Å². The van der Waals surface area contributed by atoms with Crippen LogP contribution in [0.2, 0.25) is 0 Å². The van der Waals surface area contributed by atoms with E-state index in [1.54, 1.807) is 44.4 Å². The molecule has 0 aromatic heterocycles. The zero-order chi connectivity index (χ0) is 24.6. The summed E-state index contributed by atoms with van der Waals surface area (Å²) in [4.78, 5) is 20.8. The Hall–Kier alpha value is -4.20. The van der Waals surface area contributed by atoms with Crippen molar-refractivity contribution in [1.29, 1.82) is 0 Å². The Morgan fingerprint density at radius 3 is 2.46 bits per heavy atom. The third kappa shape index (κ3) is 5.84. The Balaban J connectivity index is 1.50. The SMILES string of the molecule is COc1ccc(NC(=O)N(Cc2ccccc2)CC2CC(c3ccccc3OC)=NO2)c(OC)c1. The largest absolute Gasteiger partial charge is 0.497 e. The van der Waals surface area contributed by atoms with E-state index in [-0.39, 0.29) is 12.1 Å². The van der Waals surface area contributed by atoms with Crippen LogP contribution in [-0.4, -0.2) is 50.6 Å². The molecule has 182 valence electrons. The van der Waals surface area contributed by atoms with Gasteiger partial charge in [0.2, 0.25) is 0 Å². The molecule has 1 aliphatic rings. The lowest BCUT2D eigenvalue weighted by atomic mass is 10.0. The number of methoxy groups -OCH3 is 3. The van der Waals surface area contributed by atoms with Gasteiger partial charge in [0.15, 0.2) is 6.10 Å². The van der Waals surface area contributed by atoms with Crippen molar-refractivity contribution in [3.63, 3.8) is 0 Å². The Morgan fingerprint density at radius 2 is 1.71 bits per heavy atom. The normalized spacial score (nSPS) is 14.5. The zero-order valence-electron chi connectivity index (χ0n) is 20.1. The number of carbonyl (C=O) groups excluding carboxylic acids is 1. The summed E-state index contributed by atoms with van der Waals surface area (Å²) in [5, 5.41) is 7.25. The molecule has 4 rings (SSSR count). The van der Waals surface area contributed by atoms with Crippen molar-refractivity contribution in [1.82, 2.24) is 4.90 Å². The second kappa shape index (κ2) is 11.3. The predicted molar refractivity (Wildman–Crippen MR) is 134 cm³/mol. The number of hydrogen-bond donors (Lipinski definition) is 1. The number of nitrogens with one attached hydrogen (secondary N) is 1. The smallest absolute Gasteiger partial charge is 0.322 e. The van der Waals surface area contributed by atoms with Crippen molar-refractivity contribution in [2.45, 2.75) is 19.1 Å². The molecular weight excluding hydrogens is 446 g/mol. The number of ether oxygens (including phenoxy) is 3. The predicted octanol–water partition coefficient (Wildman–Crippen LogP) is 4.94. The lowest BCUT2D eigenvalue weighted by Crippen LogP contribution is -2.40. The summed E-state index contributed by atoms with van der Waals surface area (Å²) >= 11 is 0. The lowest BCUT2D eigenvalue weighted by molar-refractivity contribution is 0.0608. The molecule has 1 heterocycles. The van der Waals surface area contributed by atoms with Gasteiger partial charge in [-0.1, -0.05) is 47.6 Å². The maximum atomic E-state index is 13.4. The van der Waals surface area contributed by atoms with E-state index in [4.69, 9.17) is 19.0 Å². The number of nitrogens with zero attached hydrogens (tertiary/aromatic N) is 2. The molecule has 0 fully saturated rings. The van der Waals surface area contributed by atoms with Crippen LogP contribution in [-0.2, 0) is 11.4 Å². The first kappa shape index (κ1) is 23.9. The fourth-order valence-electron chi connectivity index (χ4n) is 3.93. The Labute approximate surface area is 205 Å². The van der Waals surface area contributed by atoms with Crippen LogP contribution in [0.25, 0.3) is 0 Å². The Kier molecular flexibility index (Phi) is 7.72. The summed E-state index contributed by atoms with van der Waals surface area (Å²) in [6.07, 6.45) is 0.271. The fraction of sp³-hybridized carbons (Fsp3) is 0.259. The molecule has 2 amide bonds. The molecule has 0 aliphatic carbocycles. The highest BCUT2D eigenvalue weighted by atomic mass is 16.6. The molecule has 1 atom stereocenters. The molecule has 0 radical (unpaired) electrons. The molecule has 0 spiro atoms. The van der Waals surface area contributed by atoms with Crippen molar-refractivity contribution in [2.75, 3.05) is 33.2 Å². The Morgan fingerprint density at radius 1 is 0.971 bits per heavy atom. The van der Waals surface area contributed by atoms with Gasteiger partial charge in [-0.25, -0.2) is 4.79 Å². The minimum Gasteiger partial charge on any atom is -0.497 e. The van der Waals surface area contributed by atoms with Gasteiger partial charge in [0.05, 0.1) is 39.3 Å². The zero-order valence-corrected chi connectivity index (χ0v) is 20.1. The van der Waals surface area contributed by atoms with Gasteiger partial charge < -0.3 is 29.3 Å². The van der Waals surface area contributed by atoms with Crippen LogP contribution in [0.15, 0.2) is 78.0 Å². The van der Waals surface area contributed by atoms with Crippen LogP contribution in [0.3, 0.4) is 0 Å². The van der Waals surface area contributed by atoms with Gasteiger partial charge in [0, 0.05) is 24.6 Å². The summed E-state index contributed by atoms with van der Waals surface area (Å²) in [5.41, 5.74) is 3.24. The molecule has 0 saturated heterocycles. The molecule has 0 bridgehead atoms. The van der Waals surface area contributed by atoms with E-state index < -0.39 is 0 Å². The molecule has 35 heavy (non-hydrogen) atoms. The molecule has 8 nitrogen and oxygen atoms in total. The quantitative estimate of drug-likeness (QED) is 0.474. The number of para-hydroxylation sites is 1. The average Bonchev–Trinajstić information content (AvgIpc) is 3.37. The number of carbonyl (C=O) groups is 1. The minimum atomic E-state index is -0.290. The molecule has 1 aliphatic heterocycles. The first-order valence-corrected chi connectivity index (χ1v) is 11.3. The fourth-order valence-corrected chi connectivity index (χ4v) is 3.93. The van der Waals surface area contributed by atoms with Gasteiger partial charge in [0.1, 0.15) is 17.2 Å². The minimum absolute atomic E-state index is 0.272. The molecule has 1 unspecified atom stereocenters. The number of amides is 2. The number of benzene rings is 3. The summed E-state index contributed by atoms with van der Waals surface area (Å²) < 4.78 is 16.2. The number of urea groups is 1. The second-order valence-corrected chi connectivity index (χ2v) is 8.03. The second-order valence-electron chi connectivity index (χ2n) is 8.03. The van der Waals surface area contributed by atoms with Crippen molar-refractivity contribution >= 4 is 17.4 Å². The summed E-state index contributed by atoms with van der Waals surface area (Å²) in [6, 6.07) is 22.5. The monoisotopic (exact) mass is 475 g/mol. The first-order valence-electron chi connectivity index (χ1n) is 11.3. The van der Waals surface area contributed by atoms with Crippen LogP contribution < -0.4 is 19.5 Å². The topological polar surface area (TPSA) is 81.6 Å². The standard InChI is InChI=1S/C27H29N3O5/c1-32-20-13-14-23(26(16-20)34-3)28-27(31)30(17-19-9-5-4-6-10-19)18-21-15-24(29-35-21)22-11-7-8-12-25(22)33-2/h4-14,16,21H,15,17-18H2,1-3H3,(H,28,31). The van der Waals surface area contributed by atoms with Crippen molar-refractivity contribution in [3.05, 3.63) is 83.9 Å². The average molecular weight is 476 g/mol. The van der Waals surface area contributed by atoms with Gasteiger partial charge in [-0.3, -0.25) is 0 Å². The molecule has 3 aromatic carbocycles. The van der Waals surface area contributed by atoms with Crippen LogP contribution in [0.1, 0.15) is 17.5 Å². The van der Waals surface area contributed by atoms with Crippen LogP contribution in [0.4, 0.5) is 10.5 Å². The van der Waals surface area contributed by atoms with Crippen LogP contribution >= 0.6 is 0 Å². The van der Waals surface area contributed by atoms with Crippen LogP contribution in [0, 0.1) is 0 Å². The van der Waals surface area contributed by atoms with E-state index in [9.17, 15) is 4.79 Å².